The van der Waals surface area contributed by atoms with Crippen molar-refractivity contribution in [1.82, 2.24) is 0 Å². The summed E-state index contributed by atoms with van der Waals surface area (Å²) in [6, 6.07) is 0. The summed E-state index contributed by atoms with van der Waals surface area (Å²) in [4.78, 5) is 25.1. The topological polar surface area (TPSA) is 52.6 Å². The van der Waals surface area contributed by atoms with E-state index in [1.54, 1.807) is 0 Å². The van der Waals surface area contributed by atoms with Gasteiger partial charge < -0.3 is 9.47 Å². The van der Waals surface area contributed by atoms with Crippen molar-refractivity contribution in [1.29, 1.82) is 0 Å². The van der Waals surface area contributed by atoms with E-state index in [1.165, 1.54) is 0 Å². The summed E-state index contributed by atoms with van der Waals surface area (Å²) < 4.78 is 12.4. The van der Waals surface area contributed by atoms with Crippen LogP contribution in [0, 0.1) is 17.8 Å². The second kappa shape index (κ2) is 7.12. The van der Waals surface area contributed by atoms with E-state index in [0.717, 1.165) is 22.7 Å². The number of ketones is 2. The molecule has 0 aromatic carbocycles. The van der Waals surface area contributed by atoms with Gasteiger partial charge in [-0.3, -0.25) is 9.59 Å². The molecule has 2 rings (SSSR count). The Hall–Kier alpha value is -1.58. The van der Waals surface area contributed by atoms with Crippen molar-refractivity contribution in [2.24, 2.45) is 17.8 Å². The number of hydrogen-bond acceptors (Lipinski definition) is 4. The first kappa shape index (κ1) is 18.8. The standard InChI is InChI=1S/C20H30O4/c1-8-15-10(3)17(21)12(5)19(23-15)14(7)20-13(6)18(22)11(4)16(9-2)24-20/h12-14,19-20H,8-9H2,1-7H3/t12-,13-,19-,20-/m0/s1. The van der Waals surface area contributed by atoms with Crippen LogP contribution in [0.2, 0.25) is 0 Å². The van der Waals surface area contributed by atoms with Crippen molar-refractivity contribution in [3.8, 4) is 0 Å². The molecule has 2 aliphatic heterocycles. The molecule has 0 radical (unpaired) electrons. The maximum Gasteiger partial charge on any atom is 0.168 e. The highest BCUT2D eigenvalue weighted by atomic mass is 16.5. The Labute approximate surface area is 145 Å². The smallest absolute Gasteiger partial charge is 0.168 e. The van der Waals surface area contributed by atoms with Gasteiger partial charge in [0.05, 0.1) is 11.8 Å². The average Bonchev–Trinajstić information content (AvgIpc) is 2.58. The van der Waals surface area contributed by atoms with Gasteiger partial charge >= 0.3 is 0 Å². The van der Waals surface area contributed by atoms with Crippen LogP contribution in [0.25, 0.3) is 0 Å². The Bertz CT molecular complexity index is 547. The second-order valence-corrected chi connectivity index (χ2v) is 7.13. The summed E-state index contributed by atoms with van der Waals surface area (Å²) in [5.41, 5.74) is 1.46. The fourth-order valence-electron chi connectivity index (χ4n) is 3.97. The predicted octanol–water partition coefficient (Wildman–Crippen LogP) is 4.20. The maximum atomic E-state index is 12.6. The third-order valence-corrected chi connectivity index (χ3v) is 5.62. The highest BCUT2D eigenvalue weighted by molar-refractivity contribution is 5.98. The molecule has 0 N–H and O–H groups in total. The highest BCUT2D eigenvalue weighted by Gasteiger charge is 2.45. The van der Waals surface area contributed by atoms with Crippen LogP contribution in [0.5, 0.6) is 0 Å². The van der Waals surface area contributed by atoms with Gasteiger partial charge in [0.2, 0.25) is 0 Å². The zero-order valence-corrected chi connectivity index (χ0v) is 15.9. The Morgan fingerprint density at radius 3 is 1.46 bits per heavy atom. The number of carbonyl (C=O) groups excluding carboxylic acids is 2. The van der Waals surface area contributed by atoms with Gasteiger partial charge in [0.1, 0.15) is 23.7 Å². The van der Waals surface area contributed by atoms with Crippen LogP contribution in [-0.4, -0.2) is 23.8 Å². The highest BCUT2D eigenvalue weighted by Crippen LogP contribution is 2.38. The molecule has 2 aliphatic rings. The molecule has 0 saturated heterocycles. The van der Waals surface area contributed by atoms with E-state index in [1.807, 2.05) is 48.5 Å². The first-order valence-corrected chi connectivity index (χ1v) is 9.05. The second-order valence-electron chi connectivity index (χ2n) is 7.13. The lowest BCUT2D eigenvalue weighted by atomic mass is 9.77. The molecule has 4 heteroatoms. The molecule has 0 spiro atoms. The van der Waals surface area contributed by atoms with Gasteiger partial charge in [-0.1, -0.05) is 34.6 Å². The van der Waals surface area contributed by atoms with Crippen molar-refractivity contribution in [3.63, 3.8) is 0 Å². The molecule has 24 heavy (non-hydrogen) atoms. The van der Waals surface area contributed by atoms with Crippen molar-refractivity contribution in [2.45, 2.75) is 73.5 Å². The van der Waals surface area contributed by atoms with Crippen LogP contribution < -0.4 is 0 Å². The van der Waals surface area contributed by atoms with E-state index in [2.05, 4.69) is 0 Å². The normalized spacial score (nSPS) is 31.5. The molecule has 134 valence electrons. The summed E-state index contributed by atoms with van der Waals surface area (Å²) in [5.74, 6) is 1.34. The first-order chi connectivity index (χ1) is 11.2. The SMILES string of the molecule is CCC1=C(C)C(=O)[C@H](C)[C@@H](C(C)[C@H]2OC(CC)=C(C)C(=O)[C@@H]2C)O1. The molecule has 0 saturated carbocycles. The van der Waals surface area contributed by atoms with E-state index >= 15 is 0 Å². The van der Waals surface area contributed by atoms with Crippen LogP contribution in [0.1, 0.15) is 61.3 Å². The Kier molecular flexibility index (Phi) is 5.56. The van der Waals surface area contributed by atoms with Crippen LogP contribution >= 0.6 is 0 Å². The van der Waals surface area contributed by atoms with Crippen LogP contribution in [-0.2, 0) is 19.1 Å². The minimum absolute atomic E-state index is 0.0489. The Balaban J connectivity index is 2.30. The summed E-state index contributed by atoms with van der Waals surface area (Å²) in [7, 11) is 0. The lowest BCUT2D eigenvalue weighted by molar-refractivity contribution is -0.137. The summed E-state index contributed by atoms with van der Waals surface area (Å²) in [5, 5.41) is 0. The summed E-state index contributed by atoms with van der Waals surface area (Å²) >= 11 is 0. The van der Waals surface area contributed by atoms with Crippen molar-refractivity contribution >= 4 is 11.6 Å². The third-order valence-electron chi connectivity index (χ3n) is 5.62. The van der Waals surface area contributed by atoms with Gasteiger partial charge in [-0.25, -0.2) is 0 Å². The fourth-order valence-corrected chi connectivity index (χ4v) is 3.97. The molecule has 0 bridgehead atoms. The van der Waals surface area contributed by atoms with Gasteiger partial charge in [-0.05, 0) is 13.8 Å². The van der Waals surface area contributed by atoms with E-state index < -0.39 is 0 Å². The van der Waals surface area contributed by atoms with Crippen LogP contribution in [0.4, 0.5) is 0 Å². The molecular weight excluding hydrogens is 304 g/mol. The number of rotatable bonds is 4. The molecule has 0 aliphatic carbocycles. The van der Waals surface area contributed by atoms with Gasteiger partial charge in [0.25, 0.3) is 0 Å². The number of hydrogen-bond donors (Lipinski definition) is 0. The minimum atomic E-state index is -0.257. The molecular formula is C20H30O4. The van der Waals surface area contributed by atoms with E-state index in [0.29, 0.717) is 12.8 Å². The zero-order chi connectivity index (χ0) is 18.2. The molecule has 0 amide bonds. The zero-order valence-electron chi connectivity index (χ0n) is 15.9. The van der Waals surface area contributed by atoms with Crippen LogP contribution in [0.3, 0.4) is 0 Å². The fraction of sp³-hybridized carbons (Fsp3) is 0.700. The number of allylic oxidation sites excluding steroid dienone is 4. The molecule has 0 aromatic heterocycles. The molecule has 2 heterocycles. The molecule has 0 fully saturated rings. The van der Waals surface area contributed by atoms with Gasteiger partial charge in [0, 0.05) is 29.9 Å². The van der Waals surface area contributed by atoms with Crippen molar-refractivity contribution in [3.05, 3.63) is 22.7 Å². The molecule has 0 unspecified atom stereocenters. The van der Waals surface area contributed by atoms with Crippen LogP contribution in [0.15, 0.2) is 22.7 Å². The lowest BCUT2D eigenvalue weighted by Gasteiger charge is -2.41. The quantitative estimate of drug-likeness (QED) is 0.773. The number of ether oxygens (including phenoxy) is 2. The lowest BCUT2D eigenvalue weighted by Crippen LogP contribution is -2.48. The van der Waals surface area contributed by atoms with Gasteiger partial charge in [-0.2, -0.15) is 0 Å². The van der Waals surface area contributed by atoms with Crippen molar-refractivity contribution < 1.29 is 19.1 Å². The maximum absolute atomic E-state index is 12.6. The molecule has 4 nitrogen and oxygen atoms in total. The predicted molar refractivity (Wildman–Crippen MR) is 93.2 cm³/mol. The molecule has 4 atom stereocenters. The number of carbonyl (C=O) groups is 2. The number of Topliss-reactive ketones (excluding diaryl/α,β-unsaturated/α-hetero) is 2. The minimum Gasteiger partial charge on any atom is -0.493 e. The van der Waals surface area contributed by atoms with E-state index in [9.17, 15) is 9.59 Å². The van der Waals surface area contributed by atoms with Gasteiger partial charge in [-0.15, -0.1) is 0 Å². The Morgan fingerprint density at radius 1 is 0.833 bits per heavy atom. The summed E-state index contributed by atoms with van der Waals surface area (Å²) in [6.07, 6.45) is 0.889. The molecule has 0 aromatic rings. The van der Waals surface area contributed by atoms with Crippen molar-refractivity contribution in [2.75, 3.05) is 0 Å². The van der Waals surface area contributed by atoms with Gasteiger partial charge in [0.15, 0.2) is 11.6 Å². The van der Waals surface area contributed by atoms with E-state index in [-0.39, 0.29) is 41.5 Å². The van der Waals surface area contributed by atoms with E-state index in [4.69, 9.17) is 9.47 Å². The first-order valence-electron chi connectivity index (χ1n) is 9.05. The largest absolute Gasteiger partial charge is 0.493 e. The summed E-state index contributed by atoms with van der Waals surface area (Å²) in [6.45, 7) is 13.5. The average molecular weight is 334 g/mol. The third kappa shape index (κ3) is 3.03. The monoisotopic (exact) mass is 334 g/mol. The Morgan fingerprint density at radius 2 is 1.17 bits per heavy atom.